The van der Waals surface area contributed by atoms with Crippen LogP contribution in [0.1, 0.15) is 29.2 Å². The molecule has 2 unspecified atom stereocenters. The maximum absolute atomic E-state index is 14.2. The lowest BCUT2D eigenvalue weighted by Crippen LogP contribution is -2.46. The monoisotopic (exact) mass is 605 g/mol. The average Bonchev–Trinajstić information content (AvgIpc) is 2.95. The SMILES string of the molecule is Cc1ccc(SC(C(C)N(C/C=C/c2ccccc2)S(=O)(=O)c2ccc(C)cc2)S(=O)(=O)c2ccc(C)cc2)cc1. The lowest BCUT2D eigenvalue weighted by Gasteiger charge is -2.33. The van der Waals surface area contributed by atoms with Gasteiger partial charge in [0.05, 0.1) is 9.79 Å². The molecule has 0 fully saturated rings. The molecule has 0 bridgehead atoms. The third kappa shape index (κ3) is 7.57. The van der Waals surface area contributed by atoms with Gasteiger partial charge in [-0.3, -0.25) is 0 Å². The fraction of sp³-hybridized carbons (Fsp3) is 0.212. The van der Waals surface area contributed by atoms with E-state index in [4.69, 9.17) is 0 Å². The Kier molecular flexibility index (Phi) is 9.92. The molecule has 0 amide bonds. The standard InChI is InChI=1S/C33H35NO4S3/c1-25-12-18-30(19-13-25)39-33(40(35,36)31-20-14-26(2)15-21-31)28(4)34(24-8-11-29-9-6-5-7-10-29)41(37,38)32-22-16-27(3)17-23-32/h5-23,28,33H,24H2,1-4H3/b11-8+. The van der Waals surface area contributed by atoms with Crippen LogP contribution in [0.2, 0.25) is 0 Å². The Morgan fingerprint density at radius 2 is 1.17 bits per heavy atom. The van der Waals surface area contributed by atoms with Crippen LogP contribution in [0, 0.1) is 20.8 Å². The molecule has 5 nitrogen and oxygen atoms in total. The van der Waals surface area contributed by atoms with Crippen LogP contribution in [0.5, 0.6) is 0 Å². The highest BCUT2D eigenvalue weighted by atomic mass is 32.3. The topological polar surface area (TPSA) is 71.5 Å². The predicted octanol–water partition coefficient (Wildman–Crippen LogP) is 7.30. The number of sulfonamides is 1. The van der Waals surface area contributed by atoms with Crippen molar-refractivity contribution >= 4 is 37.7 Å². The number of sulfone groups is 1. The minimum Gasteiger partial charge on any atom is -0.222 e. The summed E-state index contributed by atoms with van der Waals surface area (Å²) in [6, 6.07) is 29.6. The fourth-order valence-electron chi connectivity index (χ4n) is 4.36. The molecule has 0 saturated heterocycles. The molecule has 0 saturated carbocycles. The molecule has 0 heterocycles. The Morgan fingerprint density at radius 1 is 0.683 bits per heavy atom. The van der Waals surface area contributed by atoms with Crippen LogP contribution in [0.3, 0.4) is 0 Å². The quantitative estimate of drug-likeness (QED) is 0.168. The number of benzene rings is 4. The van der Waals surface area contributed by atoms with Crippen molar-refractivity contribution in [3.63, 3.8) is 0 Å². The van der Waals surface area contributed by atoms with E-state index in [0.717, 1.165) is 27.1 Å². The first kappa shape index (κ1) is 30.8. The van der Waals surface area contributed by atoms with Crippen LogP contribution in [0.15, 0.2) is 124 Å². The highest BCUT2D eigenvalue weighted by molar-refractivity contribution is 8.13. The van der Waals surface area contributed by atoms with E-state index in [2.05, 4.69) is 0 Å². The lowest BCUT2D eigenvalue weighted by atomic mass is 10.2. The second-order valence-electron chi connectivity index (χ2n) is 10.1. The molecule has 0 aliphatic heterocycles. The Hall–Kier alpha value is -3.17. The number of rotatable bonds is 11. The second kappa shape index (κ2) is 13.2. The molecule has 8 heteroatoms. The van der Waals surface area contributed by atoms with Crippen molar-refractivity contribution in [2.45, 2.75) is 53.0 Å². The van der Waals surface area contributed by atoms with E-state index in [-0.39, 0.29) is 16.3 Å². The molecular weight excluding hydrogens is 571 g/mol. The molecular formula is C33H35NO4S3. The lowest BCUT2D eigenvalue weighted by molar-refractivity contribution is 0.374. The molecule has 0 aliphatic rings. The number of aryl methyl sites for hydroxylation is 3. The highest BCUT2D eigenvalue weighted by Crippen LogP contribution is 2.36. The van der Waals surface area contributed by atoms with Crippen molar-refractivity contribution in [1.29, 1.82) is 0 Å². The van der Waals surface area contributed by atoms with E-state index >= 15 is 0 Å². The summed E-state index contributed by atoms with van der Waals surface area (Å²) >= 11 is 1.17. The highest BCUT2D eigenvalue weighted by Gasteiger charge is 2.41. The van der Waals surface area contributed by atoms with Crippen molar-refractivity contribution in [3.8, 4) is 0 Å². The molecule has 41 heavy (non-hydrogen) atoms. The van der Waals surface area contributed by atoms with Gasteiger partial charge in [0.1, 0.15) is 4.58 Å². The van der Waals surface area contributed by atoms with E-state index in [1.807, 2.05) is 81.4 Å². The van der Waals surface area contributed by atoms with Crippen LogP contribution in [0.25, 0.3) is 6.08 Å². The van der Waals surface area contributed by atoms with Gasteiger partial charge in [-0.2, -0.15) is 4.31 Å². The minimum absolute atomic E-state index is 0.000641. The van der Waals surface area contributed by atoms with Gasteiger partial charge >= 0.3 is 0 Å². The number of hydrogen-bond donors (Lipinski definition) is 0. The van der Waals surface area contributed by atoms with E-state index in [9.17, 15) is 16.8 Å². The molecule has 0 aromatic heterocycles. The molecule has 4 aromatic rings. The Labute approximate surface area is 248 Å². The third-order valence-corrected chi connectivity index (χ3v) is 12.9. The predicted molar refractivity (Wildman–Crippen MR) is 169 cm³/mol. The van der Waals surface area contributed by atoms with Gasteiger partial charge < -0.3 is 0 Å². The van der Waals surface area contributed by atoms with Gasteiger partial charge in [-0.25, -0.2) is 16.8 Å². The van der Waals surface area contributed by atoms with Gasteiger partial charge in [0.15, 0.2) is 9.84 Å². The second-order valence-corrected chi connectivity index (χ2v) is 15.6. The summed E-state index contributed by atoms with van der Waals surface area (Å²) < 4.78 is 56.8. The largest absolute Gasteiger partial charge is 0.243 e. The summed E-state index contributed by atoms with van der Waals surface area (Å²) in [6.07, 6.45) is 3.62. The molecule has 2 atom stereocenters. The zero-order valence-corrected chi connectivity index (χ0v) is 26.1. The maximum Gasteiger partial charge on any atom is 0.243 e. The molecule has 0 aliphatic carbocycles. The average molecular weight is 606 g/mol. The number of thioether (sulfide) groups is 1. The van der Waals surface area contributed by atoms with Gasteiger partial charge in [-0.1, -0.05) is 95.6 Å². The summed E-state index contributed by atoms with van der Waals surface area (Å²) in [4.78, 5) is 1.03. The number of hydrogen-bond acceptors (Lipinski definition) is 5. The minimum atomic E-state index is -4.06. The molecule has 0 N–H and O–H groups in total. The van der Waals surface area contributed by atoms with Crippen LogP contribution < -0.4 is 0 Å². The first-order chi connectivity index (χ1) is 19.5. The maximum atomic E-state index is 14.2. The first-order valence-electron chi connectivity index (χ1n) is 13.3. The van der Waals surface area contributed by atoms with Gasteiger partial charge in [0, 0.05) is 17.5 Å². The molecule has 0 spiro atoms. The van der Waals surface area contributed by atoms with Crippen molar-refractivity contribution in [1.82, 2.24) is 4.31 Å². The van der Waals surface area contributed by atoms with Crippen molar-refractivity contribution < 1.29 is 16.8 Å². The first-order valence-corrected chi connectivity index (χ1v) is 17.2. The van der Waals surface area contributed by atoms with E-state index in [1.54, 1.807) is 61.5 Å². The van der Waals surface area contributed by atoms with Gasteiger partial charge in [-0.05, 0) is 69.7 Å². The summed E-state index contributed by atoms with van der Waals surface area (Å²) in [5, 5.41) is 0. The summed E-state index contributed by atoms with van der Waals surface area (Å²) in [6.45, 7) is 7.43. The molecule has 4 aromatic carbocycles. The zero-order valence-electron chi connectivity index (χ0n) is 23.6. The summed E-state index contributed by atoms with van der Waals surface area (Å²) in [5.41, 5.74) is 3.84. The fourth-order valence-corrected chi connectivity index (χ4v) is 9.63. The van der Waals surface area contributed by atoms with Crippen LogP contribution in [0.4, 0.5) is 0 Å². The summed E-state index contributed by atoms with van der Waals surface area (Å²) in [5.74, 6) is 0. The van der Waals surface area contributed by atoms with Crippen molar-refractivity contribution in [2.24, 2.45) is 0 Å². The van der Waals surface area contributed by atoms with E-state index in [0.29, 0.717) is 0 Å². The Morgan fingerprint density at radius 3 is 1.71 bits per heavy atom. The van der Waals surface area contributed by atoms with E-state index in [1.165, 1.54) is 16.1 Å². The normalized spacial score (nSPS) is 13.9. The van der Waals surface area contributed by atoms with Gasteiger partial charge in [0.2, 0.25) is 10.0 Å². The van der Waals surface area contributed by atoms with Gasteiger partial charge in [-0.15, -0.1) is 11.8 Å². The summed E-state index contributed by atoms with van der Waals surface area (Å²) in [7, 11) is -8.02. The van der Waals surface area contributed by atoms with Gasteiger partial charge in [0.25, 0.3) is 0 Å². The van der Waals surface area contributed by atoms with E-state index < -0.39 is 30.5 Å². The van der Waals surface area contributed by atoms with Crippen molar-refractivity contribution in [2.75, 3.05) is 6.54 Å². The molecule has 0 radical (unpaired) electrons. The van der Waals surface area contributed by atoms with Crippen molar-refractivity contribution in [3.05, 3.63) is 131 Å². The smallest absolute Gasteiger partial charge is 0.222 e. The Bertz CT molecular complexity index is 1680. The third-order valence-electron chi connectivity index (χ3n) is 6.80. The zero-order chi connectivity index (χ0) is 29.6. The molecule has 4 rings (SSSR count). The van der Waals surface area contributed by atoms with Crippen LogP contribution in [-0.2, 0) is 19.9 Å². The van der Waals surface area contributed by atoms with Crippen LogP contribution >= 0.6 is 11.8 Å². The number of nitrogens with zero attached hydrogens (tertiary/aromatic N) is 1. The Balaban J connectivity index is 1.81. The molecule has 214 valence electrons. The van der Waals surface area contributed by atoms with Crippen LogP contribution in [-0.4, -0.2) is 38.3 Å².